The number of aliphatic hydroxyl groups excluding tert-OH is 1. The van der Waals surface area contributed by atoms with Gasteiger partial charge in [-0.3, -0.25) is 76.7 Å². The SMILES string of the molecule is CCCC[C@@H](C(=O)N[C@@H](CC(C)C)C(=O)N[C@@H](CSCC(N)=O)C(=O)NCC(N)=O)N(C)C(=O)[C@H](CCC(C)c1cccc(N(C(C)OC)C(C(=O)O)c2cccc3c(C[C@H](NC(=O)[C@@H]4C[C@@H](O)CN4C(=O)[C@H](CC(C)C)NC(=O)[C@H](CNc4nccc(-c5ccccc5)n4)NC(=O)[C@@H]4CCCN4C(=O)[C@H](CC(N)=O)NC(=O)[C@H](C)N(C)C(=O)[C@@H](C)Cc4ccc(O)cc4)C(=O)N[C@@H](CCN)C(=O)NC)c[nH]c23)c1)NC. The van der Waals surface area contributed by atoms with Crippen molar-refractivity contribution in [3.63, 3.8) is 0 Å². The highest BCUT2D eigenvalue weighted by Crippen LogP contribution is 2.38. The lowest BCUT2D eigenvalue weighted by atomic mass is 9.92. The first-order valence-electron chi connectivity index (χ1n) is 49.2. The van der Waals surface area contributed by atoms with E-state index in [9.17, 15) is 72.9 Å². The van der Waals surface area contributed by atoms with Gasteiger partial charge in [0.2, 0.25) is 100 Å². The van der Waals surface area contributed by atoms with Crippen LogP contribution in [0.1, 0.15) is 174 Å². The number of hydrogen-bond donors (Lipinski definition) is 19. The van der Waals surface area contributed by atoms with Gasteiger partial charge in [0.1, 0.15) is 78.4 Å². The number of fused-ring (bicyclic) bond motifs is 1. The van der Waals surface area contributed by atoms with Crippen LogP contribution in [0, 0.1) is 17.8 Å². The summed E-state index contributed by atoms with van der Waals surface area (Å²) in [7, 11) is 7.30. The Hall–Kier alpha value is -13.9. The van der Waals surface area contributed by atoms with Crippen molar-refractivity contribution >= 4 is 135 Å². The maximum absolute atomic E-state index is 15.6. The zero-order valence-corrected chi connectivity index (χ0v) is 86.1. The first-order valence-corrected chi connectivity index (χ1v) is 50.4. The number of methoxy groups -OCH3 is 1. The number of aromatic hydroxyl groups is 1. The van der Waals surface area contributed by atoms with E-state index in [1.54, 1.807) is 100 Å². The standard InChI is InChI=1S/C101H145N23O21S/c1-15-16-29-79(93(136)113-73(42-55(2)3)90(133)118-78(53-146-54-84(105)129)89(132)110-51-83(104)128)121(13)97(140)72(106-10)36-31-57(6)63-25-20-26-65(45-63)124(60(9)145-14)86(100(143)144)69-28-21-27-68-64(49-109-85(68)69)46-74(91(134)112-71(37-39-102)88(131)107-11)114-95(138)81-47-67(126)52-123(81)99(142)75(43-56(4)5)116-92(135)77(50-111-101-108-40-38-70(119-101)62-23-18-17-19-24-62)117-94(137)80-30-22-41-122(80)98(141)76(48-82(103)127)115-87(130)59(8)120(12)96(139)58(7)44-61-32-34-66(125)35-33-61/h17-21,23-28,32-35,38,40,45,49,55-60,67,71-81,86,106,109,125-126H,15-16,22,29-31,36-37,39,41-44,46-48,50-54,102H2,1-14H3,(H2,103,127)(H2,104,128)(H2,105,129)(H,107,131)(H,110,132)(H,112,134)(H,113,136)(H,114,138)(H,115,130)(H,116,135)(H,117,137)(H,118,133)(H,143,144)(H,108,111,119)/t57?,58-,59-,60?,67+,71-,72-,73-,74-,75-,76-,77-,78-,79-,80-,81-,86?/m0/s1. The van der Waals surface area contributed by atoms with Gasteiger partial charge in [0, 0.05) is 107 Å². The summed E-state index contributed by atoms with van der Waals surface area (Å²) in [6, 6.07) is 11.5. The number of amides is 16. The molecule has 0 spiro atoms. The minimum atomic E-state index is -1.63. The number of aliphatic carboxylic acids is 1. The largest absolute Gasteiger partial charge is 0.508 e. The summed E-state index contributed by atoms with van der Waals surface area (Å²) in [4.78, 5) is 258. The van der Waals surface area contributed by atoms with Gasteiger partial charge in [-0.2, -0.15) is 0 Å². The predicted molar refractivity (Wildman–Crippen MR) is 547 cm³/mol. The fourth-order valence-corrected chi connectivity index (χ4v) is 18.7. The molecule has 0 saturated carbocycles. The number of rotatable bonds is 58. The predicted octanol–water partition coefficient (Wildman–Crippen LogP) is 1.05. The van der Waals surface area contributed by atoms with Crippen LogP contribution in [0.25, 0.3) is 22.2 Å². The number of H-pyrrole nitrogens is 1. The van der Waals surface area contributed by atoms with Crippen LogP contribution in [0.3, 0.4) is 0 Å². The number of likely N-dealkylation sites (tertiary alicyclic amines) is 2. The third kappa shape index (κ3) is 33.3. The Morgan fingerprint density at radius 3 is 1.88 bits per heavy atom. The average molecular weight is 2050 g/mol. The van der Waals surface area contributed by atoms with E-state index in [1.165, 1.54) is 69.5 Å². The first-order chi connectivity index (χ1) is 69.3. The second-order valence-electron chi connectivity index (χ2n) is 38.0. The summed E-state index contributed by atoms with van der Waals surface area (Å²) >= 11 is 0.970. The summed E-state index contributed by atoms with van der Waals surface area (Å²) in [6.07, 6.45) is 1.73. The van der Waals surface area contributed by atoms with Gasteiger partial charge in [0.05, 0.1) is 42.1 Å². The molecule has 2 aliphatic rings. The number of aromatic nitrogens is 3. The van der Waals surface area contributed by atoms with Gasteiger partial charge in [-0.1, -0.05) is 134 Å². The lowest BCUT2D eigenvalue weighted by molar-refractivity contribution is -0.145. The molecule has 4 heterocycles. The molecule has 6 aromatic rings. The van der Waals surface area contributed by atoms with E-state index in [0.717, 1.165) is 32.7 Å². The van der Waals surface area contributed by atoms with E-state index in [2.05, 4.69) is 73.4 Å². The summed E-state index contributed by atoms with van der Waals surface area (Å²) in [5, 5.41) is 63.5. The third-order valence-corrected chi connectivity index (χ3v) is 27.1. The highest BCUT2D eigenvalue weighted by Gasteiger charge is 2.47. The molecule has 2 fully saturated rings. The number of carboxylic acid groups (broad SMARTS) is 1. The second kappa shape index (κ2) is 56.5. The molecule has 8 rings (SSSR count). The number of anilines is 2. The van der Waals surface area contributed by atoms with Crippen molar-refractivity contribution in [1.82, 2.24) is 87.7 Å². The minimum absolute atomic E-state index is 0.00579. The number of carboxylic acids is 1. The molecule has 17 atom stereocenters. The van der Waals surface area contributed by atoms with E-state index >= 15 is 24.0 Å². The molecule has 796 valence electrons. The molecule has 2 aromatic heterocycles. The lowest BCUT2D eigenvalue weighted by Crippen LogP contribution is -2.61. The van der Waals surface area contributed by atoms with E-state index in [1.807, 2.05) is 58.0 Å². The first kappa shape index (κ1) is 117. The quantitative estimate of drug-likeness (QED) is 0.0237. The van der Waals surface area contributed by atoms with E-state index in [4.69, 9.17) is 27.7 Å². The van der Waals surface area contributed by atoms with Crippen molar-refractivity contribution < 1.29 is 102 Å². The van der Waals surface area contributed by atoms with Crippen LogP contribution in [-0.4, -0.2) is 315 Å². The Bertz CT molecular complexity index is 5520. The molecule has 2 saturated heterocycles. The molecule has 44 nitrogen and oxygen atoms in total. The van der Waals surface area contributed by atoms with Crippen molar-refractivity contribution in [3.8, 4) is 17.0 Å². The Balaban J connectivity index is 1.03. The number of ether oxygens (including phenoxy) is 1. The Labute approximate surface area is 853 Å². The number of thioether (sulfide) groups is 1. The zero-order valence-electron chi connectivity index (χ0n) is 85.3. The maximum atomic E-state index is 15.6. The number of nitrogens with zero attached hydrogens (tertiary/aromatic N) is 7. The van der Waals surface area contributed by atoms with Crippen LogP contribution in [0.15, 0.2) is 116 Å². The number of hydrogen-bond acceptors (Lipinski definition) is 27. The number of primary amides is 3. The number of carbonyl (C=O) groups excluding carboxylic acids is 16. The third-order valence-electron chi connectivity index (χ3n) is 26.0. The summed E-state index contributed by atoms with van der Waals surface area (Å²) in [6.45, 7) is 14.2. The van der Waals surface area contributed by atoms with Crippen molar-refractivity contribution in [3.05, 3.63) is 138 Å². The Kier molecular flexibility index (Phi) is 45.4. The number of β-amino-alcohol motifs (C(OH)–C–C–N with tert-alkyl or cyclic N) is 1. The molecule has 4 aromatic carbocycles. The van der Waals surface area contributed by atoms with E-state index in [-0.39, 0.29) is 129 Å². The molecule has 0 radical (unpaired) electrons. The van der Waals surface area contributed by atoms with Gasteiger partial charge in [-0.05, 0) is 150 Å². The number of aromatic amines is 1. The van der Waals surface area contributed by atoms with Gasteiger partial charge in [0.15, 0.2) is 6.04 Å². The van der Waals surface area contributed by atoms with Gasteiger partial charge in [-0.15, -0.1) is 11.8 Å². The van der Waals surface area contributed by atoms with Crippen molar-refractivity contribution in [2.45, 2.75) is 249 Å². The number of unbranched alkanes of at least 4 members (excludes halogenated alkanes) is 1. The van der Waals surface area contributed by atoms with Gasteiger partial charge in [0.25, 0.3) is 0 Å². The topological polar surface area (TPSA) is 654 Å². The van der Waals surface area contributed by atoms with Gasteiger partial charge < -0.3 is 131 Å². The summed E-state index contributed by atoms with van der Waals surface area (Å²) < 4.78 is 5.96. The molecule has 0 bridgehead atoms. The molecule has 0 aliphatic carbocycles. The number of phenolic OH excluding ortho intramolecular Hbond substituents is 1. The molecule has 3 unspecified atom stereocenters. The van der Waals surface area contributed by atoms with Crippen LogP contribution in [0.4, 0.5) is 11.6 Å². The molecule has 16 amide bonds. The second-order valence-corrected chi connectivity index (χ2v) is 39.0. The van der Waals surface area contributed by atoms with Gasteiger partial charge >= 0.3 is 5.97 Å². The number of nitrogens with two attached hydrogens (primary N) is 4. The van der Waals surface area contributed by atoms with Crippen molar-refractivity contribution in [2.75, 3.05) is 89.7 Å². The van der Waals surface area contributed by atoms with Crippen LogP contribution in [0.2, 0.25) is 0 Å². The minimum Gasteiger partial charge on any atom is -0.508 e. The van der Waals surface area contributed by atoms with Crippen molar-refractivity contribution in [2.24, 2.45) is 40.7 Å². The molecule has 146 heavy (non-hydrogen) atoms. The molecular weight excluding hydrogens is 1900 g/mol. The molecule has 23 N–H and O–H groups in total. The fraction of sp³-hybridized carbons (Fsp3) is 0.535. The highest BCUT2D eigenvalue weighted by molar-refractivity contribution is 8.00. The zero-order chi connectivity index (χ0) is 108. The van der Waals surface area contributed by atoms with Crippen LogP contribution in [-0.2, 0) is 99.1 Å². The smallest absolute Gasteiger partial charge is 0.331 e. The fourth-order valence-electron chi connectivity index (χ4n) is 17.9. The number of aliphatic hydroxyl groups is 1. The van der Waals surface area contributed by atoms with Gasteiger partial charge in [-0.25, -0.2) is 14.8 Å². The number of carbonyl (C=O) groups is 17. The molecule has 2 aliphatic heterocycles. The number of para-hydroxylation sites is 1. The highest BCUT2D eigenvalue weighted by atomic mass is 32.2. The van der Waals surface area contributed by atoms with Crippen LogP contribution >= 0.6 is 11.8 Å². The van der Waals surface area contributed by atoms with E-state index in [0.29, 0.717) is 47.2 Å². The number of nitrogens with one attached hydrogen (secondary N) is 12. The maximum Gasteiger partial charge on any atom is 0.331 e. The Morgan fingerprint density at radius 1 is 0.616 bits per heavy atom. The molecule has 45 heteroatoms. The number of benzene rings is 4. The molecular formula is C101H145N23O21S. The summed E-state index contributed by atoms with van der Waals surface area (Å²) in [5.41, 5.74) is 26.2. The monoisotopic (exact) mass is 2050 g/mol. The Morgan fingerprint density at radius 2 is 1.25 bits per heavy atom. The van der Waals surface area contributed by atoms with E-state index < -0.39 is 223 Å². The normalized spacial score (nSPS) is 16.8. The van der Waals surface area contributed by atoms with Crippen molar-refractivity contribution in [1.29, 1.82) is 0 Å². The van der Waals surface area contributed by atoms with Crippen LogP contribution in [0.5, 0.6) is 5.75 Å². The summed E-state index contributed by atoms with van der Waals surface area (Å²) in [5.74, 6) is -15.4. The number of phenols is 1. The van der Waals surface area contributed by atoms with Crippen LogP contribution < -0.4 is 86.3 Å². The average Bonchev–Trinajstić information content (AvgIpc) is 1.59. The number of likely N-dealkylation sites (N-methyl/N-ethyl adjacent to an activating group) is 4. The lowest BCUT2D eigenvalue weighted by Gasteiger charge is -2.36.